The highest BCUT2D eigenvalue weighted by molar-refractivity contribution is 5.83. The first-order chi connectivity index (χ1) is 7.95. The molecule has 0 saturated heterocycles. The molecule has 1 radical (unpaired) electrons. The molecule has 0 spiro atoms. The topological polar surface area (TPSA) is 9.23 Å². The Balaban J connectivity index is 2.23. The monoisotopic (exact) mass is 207 g/mol. The maximum absolute atomic E-state index is 5.33. The normalized spacial score (nSPS) is 19.2. The average molecular weight is 207 g/mol. The average Bonchev–Trinajstić information content (AvgIpc) is 2.26. The second kappa shape index (κ2) is 3.86. The van der Waals surface area contributed by atoms with Gasteiger partial charge < -0.3 is 4.74 Å². The van der Waals surface area contributed by atoms with Crippen molar-refractivity contribution < 1.29 is 4.74 Å². The highest BCUT2D eigenvalue weighted by atomic mass is 16.5. The molecule has 1 aliphatic carbocycles. The highest BCUT2D eigenvalue weighted by Gasteiger charge is 2.25. The summed E-state index contributed by atoms with van der Waals surface area (Å²) in [6.07, 6.45) is 6.18. The zero-order valence-electron chi connectivity index (χ0n) is 8.76. The van der Waals surface area contributed by atoms with E-state index >= 15 is 0 Å². The third kappa shape index (κ3) is 1.50. The van der Waals surface area contributed by atoms with Crippen LogP contribution in [0.4, 0.5) is 0 Å². The second-order valence-corrected chi connectivity index (χ2v) is 3.77. The standard InChI is InChI=1S/C15H11O/c1-2-4-6-8-13-12(7-5-3-1)9-10-15-14(13)11-16-15/h1,3-11,15H. The van der Waals surface area contributed by atoms with Crippen LogP contribution in [0.15, 0.2) is 54.8 Å². The minimum Gasteiger partial charge on any atom is -0.489 e. The molecule has 3 rings (SSSR count). The summed E-state index contributed by atoms with van der Waals surface area (Å²) in [5, 5.41) is 0. The van der Waals surface area contributed by atoms with Crippen molar-refractivity contribution in [2.75, 3.05) is 0 Å². The second-order valence-electron chi connectivity index (χ2n) is 3.77. The fourth-order valence-corrected chi connectivity index (χ4v) is 1.89. The van der Waals surface area contributed by atoms with Gasteiger partial charge in [0.15, 0.2) is 0 Å². The van der Waals surface area contributed by atoms with Gasteiger partial charge >= 0.3 is 0 Å². The van der Waals surface area contributed by atoms with Crippen molar-refractivity contribution in [2.45, 2.75) is 6.10 Å². The van der Waals surface area contributed by atoms with Gasteiger partial charge in [-0.3, -0.25) is 0 Å². The summed E-state index contributed by atoms with van der Waals surface area (Å²) in [5.41, 5.74) is 3.72. The first kappa shape index (κ1) is 9.22. The molecule has 0 saturated carbocycles. The van der Waals surface area contributed by atoms with Crippen LogP contribution < -0.4 is 0 Å². The van der Waals surface area contributed by atoms with E-state index in [2.05, 4.69) is 30.4 Å². The van der Waals surface area contributed by atoms with E-state index in [1.54, 1.807) is 0 Å². The molecule has 1 heteroatoms. The fourth-order valence-electron chi connectivity index (χ4n) is 1.89. The fraction of sp³-hybridized carbons (Fsp3) is 0.0667. The Morgan fingerprint density at radius 3 is 2.88 bits per heavy atom. The third-order valence-corrected chi connectivity index (χ3v) is 2.76. The maximum Gasteiger partial charge on any atom is 0.145 e. The number of hydrogen-bond acceptors (Lipinski definition) is 1. The van der Waals surface area contributed by atoms with Crippen LogP contribution in [-0.4, -0.2) is 6.10 Å². The largest absolute Gasteiger partial charge is 0.489 e. The lowest BCUT2D eigenvalue weighted by Crippen LogP contribution is -2.20. The zero-order chi connectivity index (χ0) is 10.8. The molecule has 1 nitrogen and oxygen atoms in total. The van der Waals surface area contributed by atoms with Gasteiger partial charge in [-0.25, -0.2) is 0 Å². The van der Waals surface area contributed by atoms with E-state index in [-0.39, 0.29) is 6.10 Å². The Hall–Kier alpha value is -2.02. The van der Waals surface area contributed by atoms with Crippen molar-refractivity contribution in [1.29, 1.82) is 0 Å². The lowest BCUT2D eigenvalue weighted by molar-refractivity contribution is 0.194. The third-order valence-electron chi connectivity index (χ3n) is 2.76. The Labute approximate surface area is 95.0 Å². The van der Waals surface area contributed by atoms with Gasteiger partial charge in [0.2, 0.25) is 0 Å². The van der Waals surface area contributed by atoms with E-state index in [0.717, 1.165) is 0 Å². The summed E-state index contributed by atoms with van der Waals surface area (Å²) in [6.45, 7) is 0. The lowest BCUT2D eigenvalue weighted by Gasteiger charge is -2.29. The van der Waals surface area contributed by atoms with Crippen molar-refractivity contribution in [2.24, 2.45) is 0 Å². The van der Waals surface area contributed by atoms with Crippen molar-refractivity contribution in [3.05, 3.63) is 72.0 Å². The Morgan fingerprint density at radius 1 is 1.06 bits per heavy atom. The zero-order valence-corrected chi connectivity index (χ0v) is 8.76. The summed E-state index contributed by atoms with van der Waals surface area (Å²) >= 11 is 0. The lowest BCUT2D eigenvalue weighted by atomic mass is 9.90. The van der Waals surface area contributed by atoms with Gasteiger partial charge in [-0.1, -0.05) is 48.5 Å². The van der Waals surface area contributed by atoms with Crippen LogP contribution in [0, 0.1) is 6.07 Å². The quantitative estimate of drug-likeness (QED) is 0.633. The number of ether oxygens (including phenoxy) is 1. The molecule has 1 aromatic carbocycles. The summed E-state index contributed by atoms with van der Waals surface area (Å²) in [6, 6.07) is 17.1. The van der Waals surface area contributed by atoms with E-state index < -0.39 is 0 Å². The molecule has 0 amide bonds. The predicted octanol–water partition coefficient (Wildman–Crippen LogP) is 3.38. The van der Waals surface area contributed by atoms with Crippen LogP contribution in [0.25, 0.3) is 11.6 Å². The molecule has 0 bridgehead atoms. The number of rotatable bonds is 0. The smallest absolute Gasteiger partial charge is 0.145 e. The van der Waals surface area contributed by atoms with E-state index in [9.17, 15) is 0 Å². The Morgan fingerprint density at radius 2 is 2.00 bits per heavy atom. The van der Waals surface area contributed by atoms with Gasteiger partial charge in [0.05, 0.1) is 6.26 Å². The van der Waals surface area contributed by atoms with Crippen LogP contribution in [-0.2, 0) is 4.74 Å². The van der Waals surface area contributed by atoms with E-state index in [1.165, 1.54) is 16.7 Å². The minimum absolute atomic E-state index is 0.156. The molecule has 0 fully saturated rings. The van der Waals surface area contributed by atoms with E-state index in [1.807, 2.05) is 36.6 Å². The Bertz CT molecular complexity index is 525. The van der Waals surface area contributed by atoms with E-state index in [4.69, 9.17) is 4.74 Å². The summed E-state index contributed by atoms with van der Waals surface area (Å²) < 4.78 is 5.33. The highest BCUT2D eigenvalue weighted by Crippen LogP contribution is 2.35. The van der Waals surface area contributed by atoms with Gasteiger partial charge in [0.25, 0.3) is 0 Å². The van der Waals surface area contributed by atoms with Crippen LogP contribution in [0.2, 0.25) is 0 Å². The van der Waals surface area contributed by atoms with Crippen LogP contribution in [0.5, 0.6) is 0 Å². The molecule has 1 aromatic rings. The molecule has 0 aromatic heterocycles. The molecule has 0 N–H and O–H groups in total. The van der Waals surface area contributed by atoms with Crippen molar-refractivity contribution in [3.63, 3.8) is 0 Å². The molecular formula is C15H11O. The molecular weight excluding hydrogens is 196 g/mol. The number of hydrogen-bond donors (Lipinski definition) is 0. The van der Waals surface area contributed by atoms with Gasteiger partial charge in [-0.15, -0.1) is 0 Å². The Kier molecular flexibility index (Phi) is 2.22. The molecule has 1 unspecified atom stereocenters. The van der Waals surface area contributed by atoms with Crippen LogP contribution >= 0.6 is 0 Å². The van der Waals surface area contributed by atoms with Gasteiger partial charge in [0.1, 0.15) is 6.10 Å². The maximum atomic E-state index is 5.33. The van der Waals surface area contributed by atoms with Crippen LogP contribution in [0.1, 0.15) is 11.1 Å². The van der Waals surface area contributed by atoms with Crippen molar-refractivity contribution >= 4 is 11.6 Å². The summed E-state index contributed by atoms with van der Waals surface area (Å²) in [5.74, 6) is 0. The van der Waals surface area contributed by atoms with E-state index in [0.29, 0.717) is 0 Å². The summed E-state index contributed by atoms with van der Waals surface area (Å²) in [4.78, 5) is 0. The van der Waals surface area contributed by atoms with Crippen molar-refractivity contribution in [1.82, 2.24) is 0 Å². The summed E-state index contributed by atoms with van der Waals surface area (Å²) in [7, 11) is 0. The molecule has 16 heavy (non-hydrogen) atoms. The SMILES string of the molecule is [c]1ccccc2c(ccc1)C1=COC1C=C2. The molecule has 77 valence electrons. The first-order valence-electron chi connectivity index (χ1n) is 5.33. The first-order valence-corrected chi connectivity index (χ1v) is 5.33. The predicted molar refractivity (Wildman–Crippen MR) is 64.8 cm³/mol. The molecule has 2 aliphatic rings. The van der Waals surface area contributed by atoms with Gasteiger partial charge in [0, 0.05) is 5.57 Å². The molecule has 1 atom stereocenters. The van der Waals surface area contributed by atoms with Gasteiger partial charge in [-0.2, -0.15) is 0 Å². The van der Waals surface area contributed by atoms with Crippen LogP contribution in [0.3, 0.4) is 0 Å². The van der Waals surface area contributed by atoms with Gasteiger partial charge in [-0.05, 0) is 23.3 Å². The molecule has 1 aliphatic heterocycles. The number of fused-ring (bicyclic) bond motifs is 3. The van der Waals surface area contributed by atoms with Crippen molar-refractivity contribution in [3.8, 4) is 0 Å². The minimum atomic E-state index is 0.156. The molecule has 1 heterocycles.